The minimum absolute atomic E-state index is 0.0644. The number of pyridine rings is 1. The van der Waals surface area contributed by atoms with E-state index in [0.29, 0.717) is 11.0 Å². The van der Waals surface area contributed by atoms with Crippen LogP contribution in [0.3, 0.4) is 0 Å². The molecule has 0 bridgehead atoms. The molecular weight excluding hydrogens is 244 g/mol. The van der Waals surface area contributed by atoms with Gasteiger partial charge in [-0.05, 0) is 17.8 Å². The zero-order valence-corrected chi connectivity index (χ0v) is 9.56. The van der Waals surface area contributed by atoms with Crippen molar-refractivity contribution in [2.75, 3.05) is 12.4 Å². The summed E-state index contributed by atoms with van der Waals surface area (Å²) in [4.78, 5) is 18.3. The van der Waals surface area contributed by atoms with Crippen LogP contribution in [0.4, 0.5) is 11.5 Å². The van der Waals surface area contributed by atoms with Crippen LogP contribution in [0.1, 0.15) is 0 Å². The summed E-state index contributed by atoms with van der Waals surface area (Å²) in [5.41, 5.74) is -0.0644. The summed E-state index contributed by atoms with van der Waals surface area (Å²) < 4.78 is 0. The molecule has 0 fully saturated rings. The molecule has 2 heterocycles. The predicted molar refractivity (Wildman–Crippen MR) is 60.9 cm³/mol. The molecule has 0 unspecified atom stereocenters. The molecule has 9 heteroatoms. The molecule has 17 heavy (non-hydrogen) atoms. The van der Waals surface area contributed by atoms with Gasteiger partial charge >= 0.3 is 5.69 Å². The van der Waals surface area contributed by atoms with Crippen molar-refractivity contribution < 1.29 is 4.92 Å². The first-order chi connectivity index (χ1) is 8.20. The minimum atomic E-state index is -0.481. The van der Waals surface area contributed by atoms with Gasteiger partial charge in [0.1, 0.15) is 12.1 Å². The number of nitrogens with one attached hydrogen (secondary N) is 2. The van der Waals surface area contributed by atoms with Gasteiger partial charge in [0.05, 0.1) is 4.92 Å². The molecule has 0 aliphatic rings. The van der Waals surface area contributed by atoms with Crippen LogP contribution in [-0.4, -0.2) is 32.1 Å². The molecule has 0 saturated heterocycles. The van der Waals surface area contributed by atoms with E-state index in [9.17, 15) is 10.1 Å². The summed E-state index contributed by atoms with van der Waals surface area (Å²) >= 11 is 1.06. The van der Waals surface area contributed by atoms with Crippen molar-refractivity contribution in [3.05, 3.63) is 28.6 Å². The number of hydrogen-bond acceptors (Lipinski definition) is 7. The van der Waals surface area contributed by atoms with Crippen molar-refractivity contribution in [2.24, 2.45) is 0 Å². The molecule has 0 aliphatic carbocycles. The standard InChI is InChI=1S/C8H8N6O2S/c1-9-6-3-2-5(14(15)16)7(12-6)17-8-10-4-11-13-8/h2-4H,1H3,(H,9,12)(H,10,11,13). The van der Waals surface area contributed by atoms with Crippen LogP contribution < -0.4 is 5.32 Å². The number of nitrogens with zero attached hydrogens (tertiary/aromatic N) is 4. The van der Waals surface area contributed by atoms with E-state index in [-0.39, 0.29) is 10.7 Å². The van der Waals surface area contributed by atoms with E-state index in [2.05, 4.69) is 25.5 Å². The van der Waals surface area contributed by atoms with E-state index in [1.807, 2.05) is 0 Å². The quantitative estimate of drug-likeness (QED) is 0.623. The van der Waals surface area contributed by atoms with E-state index in [4.69, 9.17) is 0 Å². The Bertz CT molecular complexity index is 529. The van der Waals surface area contributed by atoms with E-state index >= 15 is 0 Å². The van der Waals surface area contributed by atoms with Crippen LogP contribution in [0.15, 0.2) is 28.6 Å². The van der Waals surface area contributed by atoms with Crippen LogP contribution >= 0.6 is 11.8 Å². The van der Waals surface area contributed by atoms with Gasteiger partial charge in [0.15, 0.2) is 10.2 Å². The molecule has 8 nitrogen and oxygen atoms in total. The second-order valence-electron chi connectivity index (χ2n) is 2.92. The van der Waals surface area contributed by atoms with E-state index in [1.165, 1.54) is 12.4 Å². The lowest BCUT2D eigenvalue weighted by molar-refractivity contribution is -0.388. The molecule has 0 amide bonds. The zero-order valence-electron chi connectivity index (χ0n) is 8.75. The number of anilines is 1. The number of hydrogen-bond donors (Lipinski definition) is 2. The molecule has 0 atom stereocenters. The number of aromatic nitrogens is 4. The summed E-state index contributed by atoms with van der Waals surface area (Å²) in [6.07, 6.45) is 1.33. The largest absolute Gasteiger partial charge is 0.373 e. The van der Waals surface area contributed by atoms with Crippen molar-refractivity contribution in [3.63, 3.8) is 0 Å². The second kappa shape index (κ2) is 4.78. The Morgan fingerprint density at radius 2 is 2.35 bits per heavy atom. The number of nitro groups is 1. The Kier molecular flexibility index (Phi) is 3.19. The SMILES string of the molecule is CNc1ccc([N+](=O)[O-])c(Sc2ncn[nH]2)n1. The van der Waals surface area contributed by atoms with Gasteiger partial charge in [-0.3, -0.25) is 15.2 Å². The highest BCUT2D eigenvalue weighted by Gasteiger charge is 2.18. The lowest BCUT2D eigenvalue weighted by Crippen LogP contribution is -1.98. The van der Waals surface area contributed by atoms with Gasteiger partial charge < -0.3 is 5.32 Å². The Morgan fingerprint density at radius 1 is 1.53 bits per heavy atom. The average molecular weight is 252 g/mol. The minimum Gasteiger partial charge on any atom is -0.373 e. The first-order valence-electron chi connectivity index (χ1n) is 4.57. The molecular formula is C8H8N6O2S. The number of rotatable bonds is 4. The maximum absolute atomic E-state index is 10.8. The number of aromatic amines is 1. The first kappa shape index (κ1) is 11.3. The summed E-state index contributed by atoms with van der Waals surface area (Å²) in [5.74, 6) is 0.553. The fourth-order valence-corrected chi connectivity index (χ4v) is 1.89. The summed E-state index contributed by atoms with van der Waals surface area (Å²) in [7, 11) is 1.69. The maximum Gasteiger partial charge on any atom is 0.301 e. The van der Waals surface area contributed by atoms with Gasteiger partial charge in [0.25, 0.3) is 0 Å². The van der Waals surface area contributed by atoms with Crippen molar-refractivity contribution in [1.29, 1.82) is 0 Å². The van der Waals surface area contributed by atoms with Gasteiger partial charge in [0, 0.05) is 13.1 Å². The van der Waals surface area contributed by atoms with Gasteiger partial charge in [0.2, 0.25) is 0 Å². The van der Waals surface area contributed by atoms with Crippen LogP contribution in [0, 0.1) is 10.1 Å². The van der Waals surface area contributed by atoms with Crippen molar-refractivity contribution in [2.45, 2.75) is 10.2 Å². The monoisotopic (exact) mass is 252 g/mol. The third-order valence-electron chi connectivity index (χ3n) is 1.88. The highest BCUT2D eigenvalue weighted by atomic mass is 32.2. The van der Waals surface area contributed by atoms with E-state index in [0.717, 1.165) is 11.8 Å². The second-order valence-corrected chi connectivity index (χ2v) is 3.90. The number of H-pyrrole nitrogens is 1. The fraction of sp³-hybridized carbons (Fsp3) is 0.125. The smallest absolute Gasteiger partial charge is 0.301 e. The Labute approximate surface area is 100 Å². The van der Waals surface area contributed by atoms with Crippen molar-refractivity contribution in [1.82, 2.24) is 20.2 Å². The van der Waals surface area contributed by atoms with Crippen LogP contribution in [0.5, 0.6) is 0 Å². The molecule has 88 valence electrons. The summed E-state index contributed by atoms with van der Waals surface area (Å²) in [6.45, 7) is 0. The fourth-order valence-electron chi connectivity index (χ4n) is 1.12. The van der Waals surface area contributed by atoms with Crippen LogP contribution in [0.25, 0.3) is 0 Å². The van der Waals surface area contributed by atoms with Crippen LogP contribution in [0.2, 0.25) is 0 Å². The van der Waals surface area contributed by atoms with Crippen molar-refractivity contribution in [3.8, 4) is 0 Å². The maximum atomic E-state index is 10.8. The third-order valence-corrected chi connectivity index (χ3v) is 2.76. The molecule has 2 aromatic heterocycles. The van der Waals surface area contributed by atoms with Gasteiger partial charge in [-0.2, -0.15) is 5.10 Å². The molecule has 0 spiro atoms. The van der Waals surface area contributed by atoms with E-state index in [1.54, 1.807) is 13.1 Å². The van der Waals surface area contributed by atoms with E-state index < -0.39 is 4.92 Å². The molecule has 0 saturated carbocycles. The average Bonchev–Trinajstić information content (AvgIpc) is 2.81. The van der Waals surface area contributed by atoms with Gasteiger partial charge in [-0.15, -0.1) is 0 Å². The molecule has 2 N–H and O–H groups in total. The highest BCUT2D eigenvalue weighted by Crippen LogP contribution is 2.31. The molecule has 0 aliphatic heterocycles. The van der Waals surface area contributed by atoms with Crippen LogP contribution in [-0.2, 0) is 0 Å². The summed E-state index contributed by atoms with van der Waals surface area (Å²) in [5, 5.41) is 20.6. The zero-order chi connectivity index (χ0) is 12.3. The normalized spacial score (nSPS) is 10.2. The Balaban J connectivity index is 2.38. The van der Waals surface area contributed by atoms with Gasteiger partial charge in [-0.25, -0.2) is 9.97 Å². The molecule has 2 aromatic rings. The van der Waals surface area contributed by atoms with Crippen molar-refractivity contribution >= 4 is 23.3 Å². The summed E-state index contributed by atoms with van der Waals surface area (Å²) in [6, 6.07) is 2.94. The topological polar surface area (TPSA) is 110 Å². The molecule has 2 rings (SSSR count). The lowest BCUT2D eigenvalue weighted by atomic mass is 10.4. The highest BCUT2D eigenvalue weighted by molar-refractivity contribution is 7.99. The molecule has 0 aromatic carbocycles. The first-order valence-corrected chi connectivity index (χ1v) is 5.39. The molecule has 0 radical (unpaired) electrons. The Morgan fingerprint density at radius 3 is 2.94 bits per heavy atom. The van der Waals surface area contributed by atoms with Gasteiger partial charge in [-0.1, -0.05) is 0 Å². The third kappa shape index (κ3) is 2.50. The predicted octanol–water partition coefficient (Wildman–Crippen LogP) is 1.30. The Hall–Kier alpha value is -2.16. The lowest BCUT2D eigenvalue weighted by Gasteiger charge is -2.02.